The summed E-state index contributed by atoms with van der Waals surface area (Å²) < 4.78 is 20.7. The predicted octanol–water partition coefficient (Wildman–Crippen LogP) is 7.60. The molecular formula is C44H41N5O5. The Labute approximate surface area is 312 Å². The van der Waals surface area contributed by atoms with E-state index in [2.05, 4.69) is 64.5 Å². The van der Waals surface area contributed by atoms with Crippen molar-refractivity contribution in [1.29, 1.82) is 0 Å². The Balaban J connectivity index is 1.17. The zero-order valence-corrected chi connectivity index (χ0v) is 30.5. The van der Waals surface area contributed by atoms with Gasteiger partial charge < -0.3 is 29.5 Å². The van der Waals surface area contributed by atoms with Gasteiger partial charge in [-0.1, -0.05) is 94.6 Å². The second-order valence-corrected chi connectivity index (χ2v) is 16.5. The molecule has 10 bridgehead atoms. The largest absolute Gasteiger partial charge is 0.469 e. The van der Waals surface area contributed by atoms with Gasteiger partial charge in [0.1, 0.15) is 23.2 Å². The third kappa shape index (κ3) is 4.28. The molecular weight excluding hydrogens is 679 g/mol. The number of nitrogens with zero attached hydrogens (tertiary/aromatic N) is 2. The van der Waals surface area contributed by atoms with Crippen LogP contribution in [-0.4, -0.2) is 34.1 Å². The molecule has 2 aliphatic carbocycles. The summed E-state index contributed by atoms with van der Waals surface area (Å²) >= 11 is 0. The molecule has 2 amide bonds. The molecule has 1 fully saturated rings. The number of amides is 2. The fourth-order valence-corrected chi connectivity index (χ4v) is 10.00. The quantitative estimate of drug-likeness (QED) is 0.174. The molecule has 3 N–H and O–H groups in total. The van der Waals surface area contributed by atoms with Crippen molar-refractivity contribution < 1.29 is 23.2 Å². The normalized spacial score (nSPS) is 24.9. The van der Waals surface area contributed by atoms with E-state index in [-0.39, 0.29) is 17.7 Å². The first kappa shape index (κ1) is 31.8. The van der Waals surface area contributed by atoms with Crippen LogP contribution in [0.3, 0.4) is 0 Å². The summed E-state index contributed by atoms with van der Waals surface area (Å²) in [5.41, 5.74) is 8.22. The Hall–Kier alpha value is -5.64. The van der Waals surface area contributed by atoms with Crippen molar-refractivity contribution in [3.63, 3.8) is 0 Å². The summed E-state index contributed by atoms with van der Waals surface area (Å²) in [7, 11) is 0. The van der Waals surface area contributed by atoms with Crippen LogP contribution < -0.4 is 20.7 Å². The molecule has 10 heteroatoms. The number of ether oxygens (including phenoxy) is 1. The Morgan fingerprint density at radius 3 is 2.67 bits per heavy atom. The Bertz CT molecular complexity index is 2470. The van der Waals surface area contributed by atoms with Gasteiger partial charge in [-0.15, -0.1) is 0 Å². The van der Waals surface area contributed by atoms with E-state index in [1.54, 1.807) is 6.20 Å². The van der Waals surface area contributed by atoms with Crippen molar-refractivity contribution in [2.24, 2.45) is 11.3 Å². The second-order valence-electron chi connectivity index (χ2n) is 16.5. The van der Waals surface area contributed by atoms with Crippen LogP contribution in [0.1, 0.15) is 104 Å². The number of fused-ring (bicyclic) bond motifs is 7. The Morgan fingerprint density at radius 1 is 0.981 bits per heavy atom. The minimum Gasteiger partial charge on any atom is -0.469 e. The topological polar surface area (TPSA) is 132 Å². The number of rotatable bonds is 3. The lowest BCUT2D eigenvalue weighted by Gasteiger charge is -2.34. The van der Waals surface area contributed by atoms with E-state index in [4.69, 9.17) is 23.5 Å². The molecule has 6 aliphatic rings. The van der Waals surface area contributed by atoms with E-state index in [9.17, 15) is 9.59 Å². The number of oxazole rings is 2. The third-order valence-electron chi connectivity index (χ3n) is 12.9. The maximum absolute atomic E-state index is 14.4. The van der Waals surface area contributed by atoms with Crippen LogP contribution in [0.5, 0.6) is 5.75 Å². The van der Waals surface area contributed by atoms with E-state index in [0.29, 0.717) is 41.2 Å². The first-order valence-corrected chi connectivity index (χ1v) is 19.3. The average molecular weight is 720 g/mol. The number of anilines is 1. The van der Waals surface area contributed by atoms with E-state index in [1.807, 2.05) is 32.9 Å². The highest BCUT2D eigenvalue weighted by Crippen LogP contribution is 2.61. The molecule has 1 saturated carbocycles. The molecule has 5 aromatic rings. The Morgan fingerprint density at radius 2 is 1.81 bits per heavy atom. The van der Waals surface area contributed by atoms with E-state index in [0.717, 1.165) is 83.2 Å². The highest BCUT2D eigenvalue weighted by molar-refractivity contribution is 5.97. The van der Waals surface area contributed by atoms with Crippen LogP contribution in [0.25, 0.3) is 28.3 Å². The predicted molar refractivity (Wildman–Crippen MR) is 202 cm³/mol. The van der Waals surface area contributed by atoms with Crippen molar-refractivity contribution in [3.05, 3.63) is 112 Å². The van der Waals surface area contributed by atoms with Gasteiger partial charge in [-0.05, 0) is 53.5 Å². The van der Waals surface area contributed by atoms with Gasteiger partial charge in [-0.2, -0.15) is 0 Å². The van der Waals surface area contributed by atoms with Gasteiger partial charge in [0.15, 0.2) is 23.4 Å². The molecule has 0 saturated heterocycles. The number of carbonyl (C=O) groups excluding carboxylic acids is 2. The first-order chi connectivity index (χ1) is 26.2. The number of aromatic nitrogens is 2. The van der Waals surface area contributed by atoms with E-state index < -0.39 is 29.1 Å². The maximum Gasteiger partial charge on any atom is 0.249 e. The lowest BCUT2D eigenvalue weighted by molar-refractivity contribution is -0.136. The van der Waals surface area contributed by atoms with E-state index >= 15 is 0 Å². The van der Waals surface area contributed by atoms with Crippen LogP contribution in [0.2, 0.25) is 0 Å². The standard InChI is InChI=1S/C44H41N5O5/c1-22(2)34-40-48-36-37(54-40)44-28-12-8-11-26(25-10-7-9-24-14-15-27(33(24)25)32-21-45-39(36)52-32)35(28)49-42(44)53-31-16-13-23(19-29(31)44)20-30(38(50)47-34)46-41(51)43(3)17-5-4-6-18-43/h7-13,15-16,19,21-22,30,34,42,49H,4-6,14,17-18,20H2,1-3H3,(H,46,51)(H,47,50)/t30?,34-,42-,44?/m0/s1. The molecule has 272 valence electrons. The monoisotopic (exact) mass is 719 g/mol. The number of nitrogens with one attached hydrogen (secondary N) is 3. The summed E-state index contributed by atoms with van der Waals surface area (Å²) in [6, 6.07) is 17.6. The third-order valence-corrected chi connectivity index (χ3v) is 12.9. The van der Waals surface area contributed by atoms with Crippen LogP contribution >= 0.6 is 0 Å². The average Bonchev–Trinajstić information content (AvgIpc) is 3.99. The van der Waals surface area contributed by atoms with Crippen molar-refractivity contribution in [2.75, 3.05) is 5.32 Å². The number of carbonyl (C=O) groups is 2. The maximum atomic E-state index is 14.4. The summed E-state index contributed by atoms with van der Waals surface area (Å²) in [4.78, 5) is 38.5. The van der Waals surface area contributed by atoms with Gasteiger partial charge in [0.25, 0.3) is 0 Å². The molecule has 6 heterocycles. The van der Waals surface area contributed by atoms with Crippen molar-refractivity contribution in [1.82, 2.24) is 20.6 Å². The minimum absolute atomic E-state index is 0.0750. The van der Waals surface area contributed by atoms with Gasteiger partial charge >= 0.3 is 0 Å². The van der Waals surface area contributed by atoms with Gasteiger partial charge in [0.05, 0.1) is 6.20 Å². The molecule has 11 rings (SSSR count). The fraction of sp³-hybridized carbons (Fsp3) is 0.364. The number of hydrogen-bond donors (Lipinski definition) is 3. The van der Waals surface area contributed by atoms with Gasteiger partial charge in [-0.3, -0.25) is 9.59 Å². The molecule has 1 spiro atoms. The first-order valence-electron chi connectivity index (χ1n) is 19.3. The van der Waals surface area contributed by atoms with Gasteiger partial charge in [0.2, 0.25) is 23.6 Å². The molecule has 4 atom stereocenters. The zero-order chi connectivity index (χ0) is 36.5. The summed E-state index contributed by atoms with van der Waals surface area (Å²) in [6.45, 7) is 6.09. The fourth-order valence-electron chi connectivity index (χ4n) is 10.00. The summed E-state index contributed by atoms with van der Waals surface area (Å²) in [5, 5.41) is 10.3. The van der Waals surface area contributed by atoms with E-state index in [1.165, 1.54) is 5.56 Å². The molecule has 10 nitrogen and oxygen atoms in total. The lowest BCUT2D eigenvalue weighted by atomic mass is 9.72. The smallest absolute Gasteiger partial charge is 0.249 e. The number of para-hydroxylation sites is 1. The minimum atomic E-state index is -0.999. The van der Waals surface area contributed by atoms with Crippen LogP contribution in [0.15, 0.2) is 75.7 Å². The molecule has 2 unspecified atom stereocenters. The van der Waals surface area contributed by atoms with Crippen molar-refractivity contribution in [2.45, 2.75) is 89.4 Å². The van der Waals surface area contributed by atoms with Crippen molar-refractivity contribution in [3.8, 4) is 28.5 Å². The highest BCUT2D eigenvalue weighted by atomic mass is 16.5. The summed E-state index contributed by atoms with van der Waals surface area (Å²) in [5.74, 6) is 2.12. The molecule has 0 radical (unpaired) electrons. The molecule has 2 aromatic heterocycles. The number of allylic oxidation sites excluding steroid dienone is 1. The second kappa shape index (κ2) is 11.2. The lowest BCUT2D eigenvalue weighted by Crippen LogP contribution is -2.53. The van der Waals surface area contributed by atoms with Gasteiger partial charge in [-0.25, -0.2) is 9.97 Å². The van der Waals surface area contributed by atoms with Crippen molar-refractivity contribution >= 4 is 23.1 Å². The number of benzene rings is 3. The van der Waals surface area contributed by atoms with Crippen LogP contribution in [0, 0.1) is 11.3 Å². The number of hydrogen-bond acceptors (Lipinski definition) is 8. The van der Waals surface area contributed by atoms with Crippen LogP contribution in [-0.2, 0) is 27.8 Å². The molecule has 54 heavy (non-hydrogen) atoms. The highest BCUT2D eigenvalue weighted by Gasteiger charge is 2.62. The summed E-state index contributed by atoms with van der Waals surface area (Å²) in [6.07, 6.45) is 9.25. The zero-order valence-electron chi connectivity index (χ0n) is 30.5. The molecule has 3 aromatic carbocycles. The van der Waals surface area contributed by atoms with Crippen LogP contribution in [0.4, 0.5) is 5.69 Å². The Kier molecular flexibility index (Phi) is 6.60. The molecule has 4 aliphatic heterocycles. The van der Waals surface area contributed by atoms with Gasteiger partial charge in [0, 0.05) is 39.8 Å². The SMILES string of the molecule is CC(C)[C@@H]1NC(=O)C(NC(=O)C2(C)CCCCC2)Cc2ccc3c(c2)C24c5cccc(c5N[C@H]2O3)-c2cccc3c2C(=CC3)c2cnc(o2)-c2nc1oc24.